The Bertz CT molecular complexity index is 1530. The SMILES string of the molecule is Nc1c2c(-c3ccc(F)cc3)nc(N3CCc4ccccc4C3)nc2nn1-c1ccccc1Cl. The summed E-state index contributed by atoms with van der Waals surface area (Å²) in [7, 11) is 0. The number of nitrogen functional groups attached to an aromatic ring is 1. The Labute approximate surface area is 200 Å². The van der Waals surface area contributed by atoms with E-state index in [-0.39, 0.29) is 5.82 Å². The predicted octanol–water partition coefficient (Wildman–Crippen LogP) is 5.42. The third-order valence-corrected chi connectivity index (χ3v) is 6.49. The van der Waals surface area contributed by atoms with Gasteiger partial charge in [-0.25, -0.2) is 14.1 Å². The Morgan fingerprint density at radius 3 is 2.41 bits per heavy atom. The van der Waals surface area contributed by atoms with Gasteiger partial charge in [0.1, 0.15) is 11.6 Å². The second-order valence-electron chi connectivity index (χ2n) is 8.27. The van der Waals surface area contributed by atoms with E-state index < -0.39 is 0 Å². The van der Waals surface area contributed by atoms with Gasteiger partial charge in [0.2, 0.25) is 5.95 Å². The molecule has 3 aromatic carbocycles. The van der Waals surface area contributed by atoms with Crippen LogP contribution in [0.25, 0.3) is 28.0 Å². The maximum absolute atomic E-state index is 13.7. The van der Waals surface area contributed by atoms with E-state index in [1.807, 2.05) is 24.3 Å². The van der Waals surface area contributed by atoms with Crippen LogP contribution in [0.4, 0.5) is 16.2 Å². The van der Waals surface area contributed by atoms with E-state index in [1.54, 1.807) is 22.9 Å². The van der Waals surface area contributed by atoms with Crippen LogP contribution < -0.4 is 10.6 Å². The van der Waals surface area contributed by atoms with E-state index >= 15 is 0 Å². The van der Waals surface area contributed by atoms with Gasteiger partial charge in [0.15, 0.2) is 5.65 Å². The number of nitrogens with zero attached hydrogens (tertiary/aromatic N) is 5. The van der Waals surface area contributed by atoms with Crippen molar-refractivity contribution in [2.75, 3.05) is 17.2 Å². The van der Waals surface area contributed by atoms with Crippen LogP contribution in [-0.4, -0.2) is 26.3 Å². The van der Waals surface area contributed by atoms with Gasteiger partial charge in [-0.1, -0.05) is 48.0 Å². The van der Waals surface area contributed by atoms with E-state index in [0.717, 1.165) is 18.5 Å². The summed E-state index contributed by atoms with van der Waals surface area (Å²) in [6.07, 6.45) is 0.902. The van der Waals surface area contributed by atoms with Gasteiger partial charge < -0.3 is 10.6 Å². The first kappa shape index (κ1) is 20.6. The Kier molecular flexibility index (Phi) is 4.92. The Morgan fingerprint density at radius 2 is 1.62 bits per heavy atom. The zero-order valence-corrected chi connectivity index (χ0v) is 18.9. The normalized spacial score (nSPS) is 13.3. The fourth-order valence-electron chi connectivity index (χ4n) is 4.43. The van der Waals surface area contributed by atoms with Gasteiger partial charge in [-0.2, -0.15) is 4.98 Å². The first-order valence-electron chi connectivity index (χ1n) is 11.0. The molecule has 2 N–H and O–H groups in total. The summed E-state index contributed by atoms with van der Waals surface area (Å²) in [6.45, 7) is 1.48. The average molecular weight is 471 g/mol. The first-order valence-corrected chi connectivity index (χ1v) is 11.3. The lowest BCUT2D eigenvalue weighted by molar-refractivity contribution is 0.628. The molecule has 8 heteroatoms. The van der Waals surface area contributed by atoms with E-state index in [4.69, 9.17) is 32.4 Å². The molecule has 0 saturated carbocycles. The van der Waals surface area contributed by atoms with Crippen molar-refractivity contribution >= 4 is 34.4 Å². The monoisotopic (exact) mass is 470 g/mol. The molecule has 34 heavy (non-hydrogen) atoms. The van der Waals surface area contributed by atoms with Crippen LogP contribution in [-0.2, 0) is 13.0 Å². The number of hydrogen-bond donors (Lipinski definition) is 1. The summed E-state index contributed by atoms with van der Waals surface area (Å²) < 4.78 is 15.3. The number of halogens is 2. The molecule has 5 aromatic rings. The number of hydrogen-bond acceptors (Lipinski definition) is 5. The maximum atomic E-state index is 13.7. The summed E-state index contributed by atoms with van der Waals surface area (Å²) >= 11 is 6.43. The minimum absolute atomic E-state index is 0.318. The maximum Gasteiger partial charge on any atom is 0.228 e. The van der Waals surface area contributed by atoms with Gasteiger partial charge in [-0.05, 0) is 53.9 Å². The van der Waals surface area contributed by atoms with Crippen LogP contribution in [0.1, 0.15) is 11.1 Å². The second-order valence-corrected chi connectivity index (χ2v) is 8.67. The number of nitrogens with two attached hydrogens (primary N) is 1. The highest BCUT2D eigenvalue weighted by molar-refractivity contribution is 6.32. The van der Waals surface area contributed by atoms with Crippen molar-refractivity contribution in [2.45, 2.75) is 13.0 Å². The zero-order valence-electron chi connectivity index (χ0n) is 18.1. The minimum atomic E-state index is -0.318. The molecule has 0 bridgehead atoms. The average Bonchev–Trinajstić information content (AvgIpc) is 3.20. The van der Waals surface area contributed by atoms with Gasteiger partial charge >= 0.3 is 0 Å². The summed E-state index contributed by atoms with van der Waals surface area (Å²) in [5, 5.41) is 5.83. The van der Waals surface area contributed by atoms with Crippen LogP contribution in [0.2, 0.25) is 5.02 Å². The molecule has 0 aliphatic carbocycles. The molecule has 168 valence electrons. The van der Waals surface area contributed by atoms with Crippen LogP contribution in [0.5, 0.6) is 0 Å². The number of benzene rings is 3. The van der Waals surface area contributed by atoms with Crippen LogP contribution in [0.3, 0.4) is 0 Å². The molecular weight excluding hydrogens is 451 g/mol. The third-order valence-electron chi connectivity index (χ3n) is 6.17. The Balaban J connectivity index is 1.55. The molecule has 0 atom stereocenters. The molecule has 1 aliphatic rings. The van der Waals surface area contributed by atoms with Crippen molar-refractivity contribution in [3.63, 3.8) is 0 Å². The molecule has 6 rings (SSSR count). The highest BCUT2D eigenvalue weighted by Gasteiger charge is 2.24. The van der Waals surface area contributed by atoms with Crippen molar-refractivity contribution in [1.82, 2.24) is 19.7 Å². The zero-order chi connectivity index (χ0) is 23.2. The first-order chi connectivity index (χ1) is 16.6. The van der Waals surface area contributed by atoms with Gasteiger partial charge in [0, 0.05) is 18.7 Å². The van der Waals surface area contributed by atoms with Crippen LogP contribution in [0.15, 0.2) is 72.8 Å². The quantitative estimate of drug-likeness (QED) is 0.381. The van der Waals surface area contributed by atoms with Crippen molar-refractivity contribution < 1.29 is 4.39 Å². The number of para-hydroxylation sites is 1. The largest absolute Gasteiger partial charge is 0.383 e. The molecular formula is C26H20ClFN6. The lowest BCUT2D eigenvalue weighted by Crippen LogP contribution is -2.31. The molecule has 2 aromatic heterocycles. The van der Waals surface area contributed by atoms with E-state index in [9.17, 15) is 4.39 Å². The van der Waals surface area contributed by atoms with Crippen molar-refractivity contribution in [2.24, 2.45) is 0 Å². The molecule has 6 nitrogen and oxygen atoms in total. The number of aromatic nitrogens is 4. The summed E-state index contributed by atoms with van der Waals surface area (Å²) in [4.78, 5) is 11.9. The lowest BCUT2D eigenvalue weighted by atomic mass is 10.0. The van der Waals surface area contributed by atoms with Gasteiger partial charge in [0.05, 0.1) is 21.8 Å². The van der Waals surface area contributed by atoms with E-state index in [2.05, 4.69) is 23.1 Å². The molecule has 0 amide bonds. The van der Waals surface area contributed by atoms with E-state index in [1.165, 1.54) is 23.3 Å². The molecule has 0 spiro atoms. The summed E-state index contributed by atoms with van der Waals surface area (Å²) in [5.74, 6) is 0.616. The highest BCUT2D eigenvalue weighted by Crippen LogP contribution is 2.35. The van der Waals surface area contributed by atoms with Crippen LogP contribution in [0, 0.1) is 5.82 Å². The molecule has 0 unspecified atom stereocenters. The fraction of sp³-hybridized carbons (Fsp3) is 0.115. The molecule has 1 aliphatic heterocycles. The third kappa shape index (κ3) is 3.45. The van der Waals surface area contributed by atoms with Gasteiger partial charge in [-0.3, -0.25) is 0 Å². The minimum Gasteiger partial charge on any atom is -0.383 e. The highest BCUT2D eigenvalue weighted by atomic mass is 35.5. The number of anilines is 2. The summed E-state index contributed by atoms with van der Waals surface area (Å²) in [5.41, 5.74) is 11.6. The molecule has 0 fully saturated rings. The lowest BCUT2D eigenvalue weighted by Gasteiger charge is -2.29. The number of fused-ring (bicyclic) bond motifs is 2. The molecule has 0 saturated heterocycles. The Morgan fingerprint density at radius 1 is 0.882 bits per heavy atom. The van der Waals surface area contributed by atoms with Gasteiger partial charge in [-0.15, -0.1) is 5.10 Å². The second kappa shape index (κ2) is 8.11. The molecule has 3 heterocycles. The van der Waals surface area contributed by atoms with Gasteiger partial charge in [0.25, 0.3) is 0 Å². The van der Waals surface area contributed by atoms with Crippen LogP contribution >= 0.6 is 11.6 Å². The standard InChI is InChI=1S/C26H20ClFN6/c27-20-7-3-4-8-21(20)34-24(29)22-23(17-9-11-19(28)12-10-17)30-26(31-25(22)32-34)33-14-13-16-5-1-2-6-18(16)15-33/h1-12H,13-15,29H2. The smallest absolute Gasteiger partial charge is 0.228 e. The fourth-order valence-corrected chi connectivity index (χ4v) is 4.65. The van der Waals surface area contributed by atoms with E-state index in [0.29, 0.717) is 45.7 Å². The Hall–Kier alpha value is -3.97. The number of rotatable bonds is 3. The topological polar surface area (TPSA) is 72.9 Å². The van der Waals surface area contributed by atoms with Crippen molar-refractivity contribution in [3.05, 3.63) is 94.8 Å². The predicted molar refractivity (Wildman–Crippen MR) is 133 cm³/mol. The van der Waals surface area contributed by atoms with Crippen molar-refractivity contribution in [3.8, 4) is 16.9 Å². The summed E-state index contributed by atoms with van der Waals surface area (Å²) in [6, 6.07) is 22.0. The van der Waals surface area contributed by atoms with Crippen molar-refractivity contribution in [1.29, 1.82) is 0 Å². The molecule has 0 radical (unpaired) electrons.